The predicted molar refractivity (Wildman–Crippen MR) is 63.1 cm³/mol. The summed E-state index contributed by atoms with van der Waals surface area (Å²) in [6.07, 6.45) is 1.62. The fourth-order valence-electron chi connectivity index (χ4n) is 1.39. The van der Waals surface area contributed by atoms with E-state index in [-0.39, 0.29) is 5.82 Å². The molecule has 1 heterocycles. The van der Waals surface area contributed by atoms with Crippen LogP contribution in [0.2, 0.25) is 0 Å². The molecule has 16 heavy (non-hydrogen) atoms. The molecule has 0 aliphatic carbocycles. The maximum atomic E-state index is 13.0. The van der Waals surface area contributed by atoms with Crippen LogP contribution in [0.15, 0.2) is 36.5 Å². The number of hydrogen-bond acceptors (Lipinski definition) is 3. The topological polar surface area (TPSA) is 50.9 Å². The average Bonchev–Trinajstić information content (AvgIpc) is 2.24. The molecule has 0 amide bonds. The van der Waals surface area contributed by atoms with Gasteiger partial charge in [-0.25, -0.2) is 9.37 Å². The molecule has 2 rings (SSSR count). The van der Waals surface area contributed by atoms with E-state index in [1.807, 2.05) is 0 Å². The van der Waals surface area contributed by atoms with Gasteiger partial charge in [-0.1, -0.05) is 0 Å². The lowest BCUT2D eigenvalue weighted by Gasteiger charge is -2.07. The Labute approximate surface area is 93.1 Å². The normalized spacial score (nSPS) is 10.1. The van der Waals surface area contributed by atoms with Crippen molar-refractivity contribution in [1.82, 2.24) is 4.98 Å². The van der Waals surface area contributed by atoms with E-state index in [0.29, 0.717) is 17.1 Å². The second-order valence-electron chi connectivity index (χ2n) is 3.56. The van der Waals surface area contributed by atoms with Gasteiger partial charge >= 0.3 is 0 Å². The minimum Gasteiger partial charge on any atom is -0.399 e. The first kappa shape index (κ1) is 10.4. The Bertz CT molecular complexity index is 511. The van der Waals surface area contributed by atoms with Crippen molar-refractivity contribution in [2.45, 2.75) is 6.92 Å². The third kappa shape index (κ3) is 2.28. The minimum atomic E-state index is -0.217. The molecule has 4 heteroatoms. The molecule has 0 atom stereocenters. The summed E-state index contributed by atoms with van der Waals surface area (Å²) < 4.78 is 13.0. The zero-order valence-electron chi connectivity index (χ0n) is 8.87. The molecule has 0 fully saturated rings. The molecule has 0 aliphatic rings. The van der Waals surface area contributed by atoms with Crippen LogP contribution < -0.4 is 11.1 Å². The average molecular weight is 217 g/mol. The third-order valence-electron chi connectivity index (χ3n) is 2.21. The fraction of sp³-hybridized carbons (Fsp3) is 0.0833. The smallest absolute Gasteiger partial charge is 0.132 e. The Balaban J connectivity index is 2.24. The van der Waals surface area contributed by atoms with Crippen molar-refractivity contribution in [3.05, 3.63) is 47.9 Å². The molecule has 2 aromatic rings. The molecule has 3 N–H and O–H groups in total. The van der Waals surface area contributed by atoms with Gasteiger partial charge in [0.05, 0.1) is 0 Å². The SMILES string of the molecule is Cc1cc(Nc2cc(N)ccn2)ccc1F. The maximum Gasteiger partial charge on any atom is 0.132 e. The van der Waals surface area contributed by atoms with Crippen LogP contribution in [-0.4, -0.2) is 4.98 Å². The zero-order valence-corrected chi connectivity index (χ0v) is 8.87. The lowest BCUT2D eigenvalue weighted by Crippen LogP contribution is -1.96. The van der Waals surface area contributed by atoms with Crippen molar-refractivity contribution in [2.75, 3.05) is 11.1 Å². The highest BCUT2D eigenvalue weighted by Gasteiger charge is 2.00. The fourth-order valence-corrected chi connectivity index (χ4v) is 1.39. The molecule has 0 spiro atoms. The van der Waals surface area contributed by atoms with Crippen molar-refractivity contribution in [1.29, 1.82) is 0 Å². The predicted octanol–water partition coefficient (Wildman–Crippen LogP) is 2.85. The summed E-state index contributed by atoms with van der Waals surface area (Å²) in [5.74, 6) is 0.428. The van der Waals surface area contributed by atoms with Crippen molar-refractivity contribution < 1.29 is 4.39 Å². The number of nitrogen functional groups attached to an aromatic ring is 1. The van der Waals surface area contributed by atoms with Gasteiger partial charge in [0, 0.05) is 23.6 Å². The van der Waals surface area contributed by atoms with E-state index in [4.69, 9.17) is 5.73 Å². The summed E-state index contributed by atoms with van der Waals surface area (Å²) in [7, 11) is 0. The first-order valence-corrected chi connectivity index (χ1v) is 4.90. The molecule has 3 nitrogen and oxygen atoms in total. The van der Waals surface area contributed by atoms with Gasteiger partial charge in [-0.2, -0.15) is 0 Å². The van der Waals surface area contributed by atoms with E-state index in [1.165, 1.54) is 6.07 Å². The summed E-state index contributed by atoms with van der Waals surface area (Å²) in [4.78, 5) is 4.10. The number of pyridine rings is 1. The van der Waals surface area contributed by atoms with Crippen molar-refractivity contribution >= 4 is 17.2 Å². The van der Waals surface area contributed by atoms with Crippen LogP contribution in [0.4, 0.5) is 21.6 Å². The summed E-state index contributed by atoms with van der Waals surface area (Å²) >= 11 is 0. The van der Waals surface area contributed by atoms with E-state index < -0.39 is 0 Å². The molecule has 0 unspecified atom stereocenters. The number of aryl methyl sites for hydroxylation is 1. The zero-order chi connectivity index (χ0) is 11.5. The van der Waals surface area contributed by atoms with Gasteiger partial charge in [0.1, 0.15) is 11.6 Å². The summed E-state index contributed by atoms with van der Waals surface area (Å²) in [5.41, 5.74) is 7.64. The molecule has 0 aliphatic heterocycles. The van der Waals surface area contributed by atoms with E-state index in [0.717, 1.165) is 5.69 Å². The molecule has 0 bridgehead atoms. The number of aromatic nitrogens is 1. The van der Waals surface area contributed by atoms with Gasteiger partial charge in [0.15, 0.2) is 0 Å². The minimum absolute atomic E-state index is 0.217. The first-order valence-electron chi connectivity index (χ1n) is 4.90. The summed E-state index contributed by atoms with van der Waals surface area (Å²) in [6, 6.07) is 8.23. The van der Waals surface area contributed by atoms with E-state index >= 15 is 0 Å². The molecule has 82 valence electrons. The van der Waals surface area contributed by atoms with Gasteiger partial charge in [0.2, 0.25) is 0 Å². The molecule has 0 saturated carbocycles. The van der Waals surface area contributed by atoms with Gasteiger partial charge < -0.3 is 11.1 Å². The van der Waals surface area contributed by atoms with Gasteiger partial charge in [0.25, 0.3) is 0 Å². The van der Waals surface area contributed by atoms with Crippen LogP contribution >= 0.6 is 0 Å². The highest BCUT2D eigenvalue weighted by atomic mass is 19.1. The Morgan fingerprint density at radius 3 is 2.75 bits per heavy atom. The van der Waals surface area contributed by atoms with Crippen LogP contribution in [0.5, 0.6) is 0 Å². The van der Waals surface area contributed by atoms with E-state index in [1.54, 1.807) is 37.4 Å². The highest BCUT2D eigenvalue weighted by molar-refractivity contribution is 5.60. The number of benzene rings is 1. The second-order valence-corrected chi connectivity index (χ2v) is 3.56. The van der Waals surface area contributed by atoms with Crippen molar-refractivity contribution in [3.63, 3.8) is 0 Å². The monoisotopic (exact) mass is 217 g/mol. The molecule has 0 saturated heterocycles. The number of nitrogens with zero attached hydrogens (tertiary/aromatic N) is 1. The van der Waals surface area contributed by atoms with Crippen LogP contribution in [-0.2, 0) is 0 Å². The van der Waals surface area contributed by atoms with Crippen molar-refractivity contribution in [3.8, 4) is 0 Å². The number of nitrogens with one attached hydrogen (secondary N) is 1. The van der Waals surface area contributed by atoms with Crippen LogP contribution in [0.25, 0.3) is 0 Å². The number of anilines is 3. The Morgan fingerprint density at radius 2 is 2.06 bits per heavy atom. The van der Waals surface area contributed by atoms with Gasteiger partial charge in [-0.3, -0.25) is 0 Å². The Morgan fingerprint density at radius 1 is 1.25 bits per heavy atom. The number of hydrogen-bond donors (Lipinski definition) is 2. The van der Waals surface area contributed by atoms with Gasteiger partial charge in [-0.15, -0.1) is 0 Å². The largest absolute Gasteiger partial charge is 0.399 e. The summed E-state index contributed by atoms with van der Waals surface area (Å²) in [6.45, 7) is 1.72. The van der Waals surface area contributed by atoms with Crippen LogP contribution in [0, 0.1) is 12.7 Å². The molecule has 0 radical (unpaired) electrons. The lowest BCUT2D eigenvalue weighted by molar-refractivity contribution is 0.619. The number of rotatable bonds is 2. The van der Waals surface area contributed by atoms with Gasteiger partial charge in [-0.05, 0) is 36.8 Å². The number of nitrogens with two attached hydrogens (primary N) is 1. The second kappa shape index (κ2) is 4.18. The summed E-state index contributed by atoms with van der Waals surface area (Å²) in [5, 5.41) is 3.06. The Kier molecular flexibility index (Phi) is 2.72. The lowest BCUT2D eigenvalue weighted by atomic mass is 10.2. The highest BCUT2D eigenvalue weighted by Crippen LogP contribution is 2.18. The van der Waals surface area contributed by atoms with Crippen LogP contribution in [0.3, 0.4) is 0 Å². The van der Waals surface area contributed by atoms with Crippen molar-refractivity contribution in [2.24, 2.45) is 0 Å². The molecular weight excluding hydrogens is 205 g/mol. The standard InChI is InChI=1S/C12H12FN3/c1-8-6-10(2-3-11(8)13)16-12-7-9(14)4-5-15-12/h2-7H,1H3,(H3,14,15,16). The Hall–Kier alpha value is -2.10. The van der Waals surface area contributed by atoms with E-state index in [2.05, 4.69) is 10.3 Å². The van der Waals surface area contributed by atoms with Crippen LogP contribution in [0.1, 0.15) is 5.56 Å². The number of halogens is 1. The molecular formula is C12H12FN3. The molecule has 1 aromatic carbocycles. The maximum absolute atomic E-state index is 13.0. The first-order chi connectivity index (χ1) is 7.65. The molecule has 1 aromatic heterocycles. The quantitative estimate of drug-likeness (QED) is 0.813. The van der Waals surface area contributed by atoms with E-state index in [9.17, 15) is 4.39 Å². The third-order valence-corrected chi connectivity index (χ3v) is 2.21.